The fourth-order valence-electron chi connectivity index (χ4n) is 4.22. The molecule has 1 amide bonds. The highest BCUT2D eigenvalue weighted by Gasteiger charge is 2.30. The molecule has 0 bridgehead atoms. The maximum Gasteiger partial charge on any atom is 0.416 e. The number of amides is 1. The number of fused-ring (bicyclic) bond motifs is 1. The van der Waals surface area contributed by atoms with Gasteiger partial charge in [-0.25, -0.2) is 4.98 Å². The lowest BCUT2D eigenvalue weighted by molar-refractivity contribution is -0.137. The number of hydrogen-bond acceptors (Lipinski definition) is 2. The van der Waals surface area contributed by atoms with E-state index in [9.17, 15) is 18.0 Å². The van der Waals surface area contributed by atoms with Gasteiger partial charge in [0.15, 0.2) is 0 Å². The van der Waals surface area contributed by atoms with Crippen LogP contribution in [-0.2, 0) is 6.18 Å². The van der Waals surface area contributed by atoms with Crippen LogP contribution in [0.15, 0.2) is 84.9 Å². The van der Waals surface area contributed by atoms with E-state index in [4.69, 9.17) is 11.6 Å². The second-order valence-electron chi connectivity index (χ2n) is 8.74. The molecule has 1 aromatic heterocycles. The minimum Gasteiger partial charge on any atom is -0.338 e. The predicted molar refractivity (Wildman–Crippen MR) is 141 cm³/mol. The lowest BCUT2D eigenvalue weighted by atomic mass is 9.98. The van der Waals surface area contributed by atoms with Gasteiger partial charge < -0.3 is 9.88 Å². The SMILES string of the molecule is Cc1cc(-c2ccc(C(F)(F)F)cc2)ccc1C(=O)N(C)c1ccc(Cl)c(-c2nc3ccccc3[nH]2)c1. The van der Waals surface area contributed by atoms with Gasteiger partial charge in [0.2, 0.25) is 0 Å². The molecule has 0 saturated carbocycles. The van der Waals surface area contributed by atoms with Crippen molar-refractivity contribution in [1.29, 1.82) is 0 Å². The maximum atomic E-state index is 13.4. The Morgan fingerprint density at radius 3 is 2.30 bits per heavy atom. The van der Waals surface area contributed by atoms with E-state index in [0.29, 0.717) is 38.8 Å². The average molecular weight is 520 g/mol. The zero-order chi connectivity index (χ0) is 26.3. The van der Waals surface area contributed by atoms with Crippen molar-refractivity contribution >= 4 is 34.2 Å². The van der Waals surface area contributed by atoms with E-state index in [1.165, 1.54) is 17.0 Å². The zero-order valence-corrected chi connectivity index (χ0v) is 20.7. The van der Waals surface area contributed by atoms with Crippen molar-refractivity contribution in [3.8, 4) is 22.5 Å². The van der Waals surface area contributed by atoms with Gasteiger partial charge >= 0.3 is 6.18 Å². The first kappa shape index (κ1) is 24.6. The molecule has 37 heavy (non-hydrogen) atoms. The number of carbonyl (C=O) groups excluding carboxylic acids is 1. The summed E-state index contributed by atoms with van der Waals surface area (Å²) in [5, 5.41) is 0.501. The number of para-hydroxylation sites is 2. The highest BCUT2D eigenvalue weighted by atomic mass is 35.5. The molecule has 0 spiro atoms. The Morgan fingerprint density at radius 1 is 0.919 bits per heavy atom. The van der Waals surface area contributed by atoms with E-state index in [1.807, 2.05) is 30.3 Å². The molecule has 186 valence electrons. The molecule has 5 aromatic rings. The Kier molecular flexibility index (Phi) is 6.25. The molecule has 8 heteroatoms. The quantitative estimate of drug-likeness (QED) is 0.260. The van der Waals surface area contributed by atoms with Crippen LogP contribution in [0, 0.1) is 6.92 Å². The van der Waals surface area contributed by atoms with Crippen LogP contribution in [0.1, 0.15) is 21.5 Å². The van der Waals surface area contributed by atoms with E-state index in [0.717, 1.165) is 28.7 Å². The number of benzene rings is 4. The number of aromatic nitrogens is 2. The lowest BCUT2D eigenvalue weighted by Crippen LogP contribution is -2.27. The molecular weight excluding hydrogens is 499 g/mol. The van der Waals surface area contributed by atoms with Gasteiger partial charge in [0.1, 0.15) is 5.82 Å². The van der Waals surface area contributed by atoms with Crippen molar-refractivity contribution < 1.29 is 18.0 Å². The molecule has 0 aliphatic rings. The van der Waals surface area contributed by atoms with Crippen molar-refractivity contribution in [1.82, 2.24) is 9.97 Å². The number of aromatic amines is 1. The summed E-state index contributed by atoms with van der Waals surface area (Å²) in [6.45, 7) is 1.80. The first-order valence-corrected chi connectivity index (χ1v) is 11.8. The van der Waals surface area contributed by atoms with E-state index in [-0.39, 0.29) is 5.91 Å². The summed E-state index contributed by atoms with van der Waals surface area (Å²) in [5.74, 6) is 0.375. The minimum absolute atomic E-state index is 0.227. The van der Waals surface area contributed by atoms with Crippen LogP contribution in [0.5, 0.6) is 0 Å². The average Bonchev–Trinajstić information content (AvgIpc) is 3.32. The highest BCUT2D eigenvalue weighted by molar-refractivity contribution is 6.33. The number of rotatable bonds is 4. The molecule has 0 saturated heterocycles. The Morgan fingerprint density at radius 2 is 1.62 bits per heavy atom. The van der Waals surface area contributed by atoms with Crippen LogP contribution in [-0.4, -0.2) is 22.9 Å². The molecule has 0 aliphatic carbocycles. The summed E-state index contributed by atoms with van der Waals surface area (Å²) in [6, 6.07) is 23.1. The molecule has 1 heterocycles. The normalized spacial score (nSPS) is 11.6. The number of halogens is 4. The number of nitrogens with zero attached hydrogens (tertiary/aromatic N) is 2. The minimum atomic E-state index is -4.39. The summed E-state index contributed by atoms with van der Waals surface area (Å²) in [5.41, 5.74) is 4.85. The molecule has 0 radical (unpaired) electrons. The van der Waals surface area contributed by atoms with Crippen molar-refractivity contribution in [3.63, 3.8) is 0 Å². The summed E-state index contributed by atoms with van der Waals surface area (Å²) in [6.07, 6.45) is -4.39. The fourth-order valence-corrected chi connectivity index (χ4v) is 4.42. The summed E-state index contributed by atoms with van der Waals surface area (Å²) >= 11 is 6.47. The molecule has 1 N–H and O–H groups in total. The third-order valence-electron chi connectivity index (χ3n) is 6.29. The van der Waals surface area contributed by atoms with Gasteiger partial charge in [-0.05, 0) is 72.1 Å². The van der Waals surface area contributed by atoms with Crippen LogP contribution in [0.2, 0.25) is 5.02 Å². The Labute approximate surface area is 216 Å². The summed E-state index contributed by atoms with van der Waals surface area (Å²) < 4.78 is 38.6. The van der Waals surface area contributed by atoms with Gasteiger partial charge in [-0.2, -0.15) is 13.2 Å². The van der Waals surface area contributed by atoms with Gasteiger partial charge in [-0.3, -0.25) is 4.79 Å². The predicted octanol–water partition coefficient (Wildman–Crippen LogP) is 8.15. The van der Waals surface area contributed by atoms with Gasteiger partial charge in [-0.15, -0.1) is 0 Å². The molecular formula is C29H21ClF3N3O. The topological polar surface area (TPSA) is 49.0 Å². The van der Waals surface area contributed by atoms with Crippen molar-refractivity contribution in [3.05, 3.63) is 107 Å². The second-order valence-corrected chi connectivity index (χ2v) is 9.14. The first-order valence-electron chi connectivity index (χ1n) is 11.4. The van der Waals surface area contributed by atoms with Crippen molar-refractivity contribution in [2.24, 2.45) is 0 Å². The number of nitrogens with one attached hydrogen (secondary N) is 1. The van der Waals surface area contributed by atoms with Gasteiger partial charge in [0.25, 0.3) is 5.91 Å². The number of H-pyrrole nitrogens is 1. The summed E-state index contributed by atoms with van der Waals surface area (Å²) in [7, 11) is 1.68. The smallest absolute Gasteiger partial charge is 0.338 e. The highest BCUT2D eigenvalue weighted by Crippen LogP contribution is 2.33. The third-order valence-corrected chi connectivity index (χ3v) is 6.62. The number of anilines is 1. The van der Waals surface area contributed by atoms with Gasteiger partial charge in [0.05, 0.1) is 21.6 Å². The molecule has 0 unspecified atom stereocenters. The number of aryl methyl sites for hydroxylation is 1. The molecule has 4 aromatic carbocycles. The first-order chi connectivity index (χ1) is 17.6. The lowest BCUT2D eigenvalue weighted by Gasteiger charge is -2.20. The van der Waals surface area contributed by atoms with Crippen LogP contribution < -0.4 is 4.90 Å². The standard InChI is InChI=1S/C29H21ClF3N3O/c1-17-15-19(18-7-10-20(11-8-18)29(31,32)33)9-13-22(17)28(37)36(2)21-12-14-24(30)23(16-21)27-34-25-5-3-4-6-26(25)35-27/h3-16H,1-2H3,(H,34,35). The molecule has 0 atom stereocenters. The van der Waals surface area contributed by atoms with Crippen LogP contribution in [0.4, 0.5) is 18.9 Å². The monoisotopic (exact) mass is 519 g/mol. The van der Waals surface area contributed by atoms with Crippen LogP contribution >= 0.6 is 11.6 Å². The number of carbonyl (C=O) groups is 1. The number of alkyl halides is 3. The van der Waals surface area contributed by atoms with Crippen LogP contribution in [0.3, 0.4) is 0 Å². The van der Waals surface area contributed by atoms with E-state index in [2.05, 4.69) is 9.97 Å². The molecule has 5 rings (SSSR count). The van der Waals surface area contributed by atoms with E-state index in [1.54, 1.807) is 44.3 Å². The van der Waals surface area contributed by atoms with Crippen molar-refractivity contribution in [2.45, 2.75) is 13.1 Å². The summed E-state index contributed by atoms with van der Waals surface area (Å²) in [4.78, 5) is 22.8. The molecule has 4 nitrogen and oxygen atoms in total. The Hall–Kier alpha value is -4.10. The molecule has 0 fully saturated rings. The van der Waals surface area contributed by atoms with Gasteiger partial charge in [0, 0.05) is 23.9 Å². The largest absolute Gasteiger partial charge is 0.416 e. The number of imidazole rings is 1. The van der Waals surface area contributed by atoms with Gasteiger partial charge in [-0.1, -0.05) is 48.0 Å². The molecule has 0 aliphatic heterocycles. The van der Waals surface area contributed by atoms with Crippen LogP contribution in [0.25, 0.3) is 33.5 Å². The van der Waals surface area contributed by atoms with Crippen molar-refractivity contribution in [2.75, 3.05) is 11.9 Å². The zero-order valence-electron chi connectivity index (χ0n) is 19.9. The van der Waals surface area contributed by atoms with E-state index < -0.39 is 11.7 Å². The fraction of sp³-hybridized carbons (Fsp3) is 0.103. The Balaban J connectivity index is 1.42. The third kappa shape index (κ3) is 4.82. The Bertz CT molecular complexity index is 1590. The maximum absolute atomic E-state index is 13.4. The second kappa shape index (κ2) is 9.41. The number of hydrogen-bond donors (Lipinski definition) is 1. The van der Waals surface area contributed by atoms with E-state index >= 15 is 0 Å².